The number of hydrogen-bond acceptors (Lipinski definition) is 5. The third kappa shape index (κ3) is 2.19. The van der Waals surface area contributed by atoms with Crippen LogP contribution < -0.4 is 5.73 Å². The molecular formula is C11H11BrN6O. The second-order valence-corrected chi connectivity index (χ2v) is 5.17. The summed E-state index contributed by atoms with van der Waals surface area (Å²) >= 11 is 3.29. The fraction of sp³-hybridized carbons (Fsp3) is 0.273. The average molecular weight is 323 g/mol. The van der Waals surface area contributed by atoms with Crippen LogP contribution in [0.3, 0.4) is 0 Å². The number of carbonyl (C=O) groups excluding carboxylic acids is 1. The van der Waals surface area contributed by atoms with Crippen LogP contribution in [0.2, 0.25) is 0 Å². The minimum absolute atomic E-state index is 0.138. The van der Waals surface area contributed by atoms with Crippen molar-refractivity contribution in [1.29, 1.82) is 0 Å². The van der Waals surface area contributed by atoms with Crippen molar-refractivity contribution in [2.24, 2.45) is 0 Å². The minimum Gasteiger partial charge on any atom is -0.383 e. The number of pyridine rings is 1. The Labute approximate surface area is 117 Å². The highest BCUT2D eigenvalue weighted by molar-refractivity contribution is 9.10. The number of hydrogen-bond donors (Lipinski definition) is 1. The van der Waals surface area contributed by atoms with Crippen molar-refractivity contribution >= 4 is 27.7 Å². The lowest BCUT2D eigenvalue weighted by atomic mass is 10.2. The van der Waals surface area contributed by atoms with E-state index in [1.807, 2.05) is 4.57 Å². The summed E-state index contributed by atoms with van der Waals surface area (Å²) in [6, 6.07) is 1.68. The Morgan fingerprint density at radius 1 is 1.42 bits per heavy atom. The van der Waals surface area contributed by atoms with Gasteiger partial charge in [-0.05, 0) is 22.0 Å². The Kier molecular flexibility index (Phi) is 2.94. The third-order valence-electron chi connectivity index (χ3n) is 3.04. The number of amides is 1. The number of nitrogens with two attached hydrogens (primary N) is 1. The highest BCUT2D eigenvalue weighted by Crippen LogP contribution is 2.19. The molecule has 98 valence electrons. The maximum atomic E-state index is 12.4. The van der Waals surface area contributed by atoms with Gasteiger partial charge in [0.15, 0.2) is 5.82 Å². The molecule has 7 nitrogen and oxygen atoms in total. The van der Waals surface area contributed by atoms with E-state index in [2.05, 4.69) is 31.1 Å². The normalized spacial score (nSPS) is 14.3. The molecule has 1 aliphatic heterocycles. The molecule has 1 amide bonds. The zero-order valence-corrected chi connectivity index (χ0v) is 11.5. The van der Waals surface area contributed by atoms with E-state index < -0.39 is 0 Å². The van der Waals surface area contributed by atoms with Gasteiger partial charge in [0.2, 0.25) is 0 Å². The molecule has 2 aromatic heterocycles. The molecule has 0 aliphatic carbocycles. The van der Waals surface area contributed by atoms with Crippen molar-refractivity contribution in [3.8, 4) is 0 Å². The third-order valence-corrected chi connectivity index (χ3v) is 3.48. The van der Waals surface area contributed by atoms with Gasteiger partial charge in [-0.3, -0.25) is 4.79 Å². The molecule has 0 atom stereocenters. The lowest BCUT2D eigenvalue weighted by Gasteiger charge is -2.27. The number of carbonyl (C=O) groups is 1. The first-order chi connectivity index (χ1) is 9.15. The molecule has 0 saturated carbocycles. The maximum Gasteiger partial charge on any atom is 0.258 e. The fourth-order valence-electron chi connectivity index (χ4n) is 2.03. The van der Waals surface area contributed by atoms with Crippen LogP contribution in [-0.4, -0.2) is 37.1 Å². The van der Waals surface area contributed by atoms with E-state index in [-0.39, 0.29) is 11.7 Å². The number of nitrogen functional groups attached to an aromatic ring is 1. The molecule has 0 aromatic carbocycles. The van der Waals surface area contributed by atoms with E-state index in [1.54, 1.807) is 23.5 Å². The van der Waals surface area contributed by atoms with Crippen LogP contribution in [-0.2, 0) is 13.1 Å². The van der Waals surface area contributed by atoms with Gasteiger partial charge in [-0.1, -0.05) is 0 Å². The predicted octanol–water partition coefficient (Wildman–Crippen LogP) is 0.674. The molecule has 0 spiro atoms. The minimum atomic E-state index is -0.138. The monoisotopic (exact) mass is 322 g/mol. The zero-order valence-electron chi connectivity index (χ0n) is 9.95. The van der Waals surface area contributed by atoms with Crippen LogP contribution in [0, 0.1) is 0 Å². The fourth-order valence-corrected chi connectivity index (χ4v) is 2.36. The zero-order chi connectivity index (χ0) is 13.4. The summed E-state index contributed by atoms with van der Waals surface area (Å²) in [4.78, 5) is 18.1. The van der Waals surface area contributed by atoms with Gasteiger partial charge in [-0.15, -0.1) is 10.2 Å². The van der Waals surface area contributed by atoms with Crippen molar-refractivity contribution < 1.29 is 4.79 Å². The number of fused-ring (bicyclic) bond motifs is 1. The van der Waals surface area contributed by atoms with Gasteiger partial charge in [0, 0.05) is 23.8 Å². The lowest BCUT2D eigenvalue weighted by Crippen LogP contribution is -2.38. The van der Waals surface area contributed by atoms with E-state index >= 15 is 0 Å². The standard InChI is InChI=1S/C11H11BrN6O/c12-7-3-8(10(13)14-4-7)11(19)17-1-2-18-6-15-16-9(18)5-17/h3-4,6H,1-2,5H2,(H2,13,14). The first-order valence-electron chi connectivity index (χ1n) is 5.72. The Hall–Kier alpha value is -1.96. The highest BCUT2D eigenvalue weighted by Gasteiger charge is 2.24. The molecule has 1 aliphatic rings. The predicted molar refractivity (Wildman–Crippen MR) is 71.1 cm³/mol. The van der Waals surface area contributed by atoms with E-state index in [0.717, 1.165) is 10.3 Å². The number of nitrogens with zero attached hydrogens (tertiary/aromatic N) is 5. The molecule has 0 saturated heterocycles. The smallest absolute Gasteiger partial charge is 0.258 e. The number of anilines is 1. The second-order valence-electron chi connectivity index (χ2n) is 4.25. The molecule has 0 fully saturated rings. The molecule has 3 heterocycles. The maximum absolute atomic E-state index is 12.4. The van der Waals surface area contributed by atoms with Gasteiger partial charge in [-0.25, -0.2) is 4.98 Å². The molecule has 0 bridgehead atoms. The number of halogens is 1. The summed E-state index contributed by atoms with van der Waals surface area (Å²) in [6.45, 7) is 1.73. The summed E-state index contributed by atoms with van der Waals surface area (Å²) in [7, 11) is 0. The van der Waals surface area contributed by atoms with Crippen LogP contribution in [0.25, 0.3) is 0 Å². The van der Waals surface area contributed by atoms with Crippen molar-refractivity contribution in [3.63, 3.8) is 0 Å². The summed E-state index contributed by atoms with van der Waals surface area (Å²) in [6.07, 6.45) is 3.24. The van der Waals surface area contributed by atoms with Gasteiger partial charge in [-0.2, -0.15) is 0 Å². The average Bonchev–Trinajstić information content (AvgIpc) is 2.88. The largest absolute Gasteiger partial charge is 0.383 e. The van der Waals surface area contributed by atoms with Gasteiger partial charge in [0.05, 0.1) is 12.1 Å². The second kappa shape index (κ2) is 4.61. The van der Waals surface area contributed by atoms with Gasteiger partial charge in [0.25, 0.3) is 5.91 Å². The Balaban J connectivity index is 1.87. The summed E-state index contributed by atoms with van der Waals surface area (Å²) in [5.74, 6) is 0.877. The first kappa shape index (κ1) is 12.1. The summed E-state index contributed by atoms with van der Waals surface area (Å²) < 4.78 is 2.66. The van der Waals surface area contributed by atoms with E-state index in [0.29, 0.717) is 25.2 Å². The van der Waals surface area contributed by atoms with Gasteiger partial charge >= 0.3 is 0 Å². The van der Waals surface area contributed by atoms with E-state index in [9.17, 15) is 4.79 Å². The van der Waals surface area contributed by atoms with Gasteiger partial charge in [0.1, 0.15) is 12.1 Å². The number of aromatic nitrogens is 4. The molecule has 0 unspecified atom stereocenters. The van der Waals surface area contributed by atoms with Crippen molar-refractivity contribution in [2.45, 2.75) is 13.1 Å². The van der Waals surface area contributed by atoms with Crippen LogP contribution >= 0.6 is 15.9 Å². The quantitative estimate of drug-likeness (QED) is 0.833. The summed E-state index contributed by atoms with van der Waals surface area (Å²) in [5, 5.41) is 7.82. The SMILES string of the molecule is Nc1ncc(Br)cc1C(=O)N1CCn2cnnc2C1. The van der Waals surface area contributed by atoms with Crippen LogP contribution in [0.15, 0.2) is 23.1 Å². The van der Waals surface area contributed by atoms with E-state index in [1.165, 1.54) is 0 Å². The highest BCUT2D eigenvalue weighted by atomic mass is 79.9. The Morgan fingerprint density at radius 2 is 2.26 bits per heavy atom. The van der Waals surface area contributed by atoms with Gasteiger partial charge < -0.3 is 15.2 Å². The topological polar surface area (TPSA) is 89.9 Å². The molecular weight excluding hydrogens is 312 g/mol. The Bertz CT molecular complexity index is 640. The molecule has 0 radical (unpaired) electrons. The van der Waals surface area contributed by atoms with Crippen LogP contribution in [0.5, 0.6) is 0 Å². The van der Waals surface area contributed by atoms with Crippen LogP contribution in [0.1, 0.15) is 16.2 Å². The van der Waals surface area contributed by atoms with Crippen molar-refractivity contribution in [3.05, 3.63) is 34.5 Å². The summed E-state index contributed by atoms with van der Waals surface area (Å²) in [5.41, 5.74) is 6.16. The first-order valence-corrected chi connectivity index (χ1v) is 6.51. The number of rotatable bonds is 1. The van der Waals surface area contributed by atoms with Crippen molar-refractivity contribution in [1.82, 2.24) is 24.6 Å². The molecule has 2 aromatic rings. The van der Waals surface area contributed by atoms with Crippen molar-refractivity contribution in [2.75, 3.05) is 12.3 Å². The van der Waals surface area contributed by atoms with E-state index in [4.69, 9.17) is 5.73 Å². The molecule has 19 heavy (non-hydrogen) atoms. The molecule has 8 heteroatoms. The Morgan fingerprint density at radius 3 is 3.11 bits per heavy atom. The van der Waals surface area contributed by atoms with Crippen LogP contribution in [0.4, 0.5) is 5.82 Å². The molecule has 2 N–H and O–H groups in total. The lowest BCUT2D eigenvalue weighted by molar-refractivity contribution is 0.0708. The molecule has 3 rings (SSSR count).